The van der Waals surface area contributed by atoms with Crippen LogP contribution in [0.4, 0.5) is 0 Å². The summed E-state index contributed by atoms with van der Waals surface area (Å²) in [6.45, 7) is 8.66. The van der Waals surface area contributed by atoms with Gasteiger partial charge < -0.3 is 5.32 Å². The van der Waals surface area contributed by atoms with Crippen molar-refractivity contribution >= 4 is 11.8 Å². The summed E-state index contributed by atoms with van der Waals surface area (Å²) < 4.78 is 0. The van der Waals surface area contributed by atoms with Crippen molar-refractivity contribution < 1.29 is 9.59 Å². The van der Waals surface area contributed by atoms with Crippen LogP contribution in [0.3, 0.4) is 0 Å². The van der Waals surface area contributed by atoms with E-state index in [0.29, 0.717) is 18.9 Å². The van der Waals surface area contributed by atoms with E-state index in [1.165, 1.54) is 4.90 Å². The fourth-order valence-corrected chi connectivity index (χ4v) is 1.98. The third-order valence-electron chi connectivity index (χ3n) is 3.52. The Labute approximate surface area is 97.4 Å². The number of hydrogen-bond acceptors (Lipinski definition) is 3. The lowest BCUT2D eigenvalue weighted by Crippen LogP contribution is -2.44. The van der Waals surface area contributed by atoms with Crippen molar-refractivity contribution in [2.24, 2.45) is 5.92 Å². The number of amides is 2. The summed E-state index contributed by atoms with van der Waals surface area (Å²) in [5, 5.41) is 3.26. The standard InChI is InChI=1S/C12H22N2O2/c1-5-8(3)9(4)13-10-7-11(15)14(6-2)12(10)16/h8-10,13H,5-7H2,1-4H3. The number of rotatable bonds is 5. The molecule has 92 valence electrons. The van der Waals surface area contributed by atoms with Crippen molar-refractivity contribution in [3.63, 3.8) is 0 Å². The van der Waals surface area contributed by atoms with E-state index in [1.807, 2.05) is 6.92 Å². The molecule has 0 aliphatic carbocycles. The lowest BCUT2D eigenvalue weighted by atomic mass is 10.00. The zero-order valence-corrected chi connectivity index (χ0v) is 10.6. The molecule has 1 aliphatic rings. The summed E-state index contributed by atoms with van der Waals surface area (Å²) in [6.07, 6.45) is 1.38. The lowest BCUT2D eigenvalue weighted by molar-refractivity contribution is -0.138. The molecule has 0 aromatic heterocycles. The molecule has 1 N–H and O–H groups in total. The van der Waals surface area contributed by atoms with Gasteiger partial charge in [-0.1, -0.05) is 20.3 Å². The predicted octanol–water partition coefficient (Wildman–Crippen LogP) is 1.16. The average molecular weight is 226 g/mol. The summed E-state index contributed by atoms with van der Waals surface area (Å²) in [5.41, 5.74) is 0. The molecule has 3 unspecified atom stereocenters. The first-order chi connectivity index (χ1) is 7.51. The molecule has 1 saturated heterocycles. The van der Waals surface area contributed by atoms with Crippen LogP contribution in [0.5, 0.6) is 0 Å². The lowest BCUT2D eigenvalue weighted by Gasteiger charge is -2.23. The summed E-state index contributed by atoms with van der Waals surface area (Å²) in [6, 6.07) is -0.0417. The van der Waals surface area contributed by atoms with Gasteiger partial charge in [-0.15, -0.1) is 0 Å². The SMILES string of the molecule is CCC(C)C(C)NC1CC(=O)N(CC)C1=O. The molecule has 0 aromatic rings. The number of imide groups is 1. The van der Waals surface area contributed by atoms with Crippen LogP contribution in [0.15, 0.2) is 0 Å². The maximum Gasteiger partial charge on any atom is 0.246 e. The van der Waals surface area contributed by atoms with Gasteiger partial charge in [-0.05, 0) is 19.8 Å². The summed E-state index contributed by atoms with van der Waals surface area (Å²) >= 11 is 0. The average Bonchev–Trinajstić information content (AvgIpc) is 2.52. The van der Waals surface area contributed by atoms with Gasteiger partial charge in [-0.25, -0.2) is 0 Å². The monoisotopic (exact) mass is 226 g/mol. The Kier molecular flexibility index (Phi) is 4.47. The fraction of sp³-hybridized carbons (Fsp3) is 0.833. The molecule has 0 radical (unpaired) electrons. The van der Waals surface area contributed by atoms with Gasteiger partial charge in [0.25, 0.3) is 0 Å². The largest absolute Gasteiger partial charge is 0.303 e. The maximum atomic E-state index is 11.8. The van der Waals surface area contributed by atoms with Gasteiger partial charge in [0.15, 0.2) is 0 Å². The fourth-order valence-electron chi connectivity index (χ4n) is 1.98. The zero-order chi connectivity index (χ0) is 12.3. The number of likely N-dealkylation sites (tertiary alicyclic amines) is 1. The second-order valence-corrected chi connectivity index (χ2v) is 4.57. The molecule has 1 rings (SSSR count). The van der Waals surface area contributed by atoms with Crippen LogP contribution in [0, 0.1) is 5.92 Å². The molecule has 0 saturated carbocycles. The molecule has 4 nitrogen and oxygen atoms in total. The Balaban J connectivity index is 2.57. The van der Waals surface area contributed by atoms with Crippen LogP contribution >= 0.6 is 0 Å². The van der Waals surface area contributed by atoms with Crippen LogP contribution in [0.2, 0.25) is 0 Å². The second-order valence-electron chi connectivity index (χ2n) is 4.57. The van der Waals surface area contributed by atoms with Crippen LogP contribution in [-0.2, 0) is 9.59 Å². The Bertz CT molecular complexity index is 278. The van der Waals surface area contributed by atoms with Crippen molar-refractivity contribution in [1.82, 2.24) is 10.2 Å². The van der Waals surface area contributed by atoms with Crippen molar-refractivity contribution in [2.45, 2.75) is 52.6 Å². The third kappa shape index (κ3) is 2.61. The van der Waals surface area contributed by atoms with Gasteiger partial charge in [-0.3, -0.25) is 14.5 Å². The zero-order valence-electron chi connectivity index (χ0n) is 10.6. The molecule has 2 amide bonds. The number of likely N-dealkylation sites (N-methyl/N-ethyl adjacent to an activating group) is 1. The van der Waals surface area contributed by atoms with E-state index >= 15 is 0 Å². The van der Waals surface area contributed by atoms with Crippen LogP contribution in [0.1, 0.15) is 40.5 Å². The maximum absolute atomic E-state index is 11.8. The first-order valence-corrected chi connectivity index (χ1v) is 6.11. The number of nitrogens with one attached hydrogen (secondary N) is 1. The molecular weight excluding hydrogens is 204 g/mol. The molecule has 0 aromatic carbocycles. The van der Waals surface area contributed by atoms with Crippen LogP contribution in [0.25, 0.3) is 0 Å². The number of nitrogens with zero attached hydrogens (tertiary/aromatic N) is 1. The van der Waals surface area contributed by atoms with E-state index in [-0.39, 0.29) is 23.9 Å². The van der Waals surface area contributed by atoms with Crippen LogP contribution < -0.4 is 5.32 Å². The van der Waals surface area contributed by atoms with Gasteiger partial charge >= 0.3 is 0 Å². The molecule has 0 spiro atoms. The Morgan fingerprint density at radius 1 is 1.38 bits per heavy atom. The Morgan fingerprint density at radius 2 is 2.00 bits per heavy atom. The molecule has 0 bridgehead atoms. The minimum Gasteiger partial charge on any atom is -0.303 e. The highest BCUT2D eigenvalue weighted by molar-refractivity contribution is 6.05. The molecule has 4 heteroatoms. The van der Waals surface area contributed by atoms with Gasteiger partial charge in [0.2, 0.25) is 11.8 Å². The van der Waals surface area contributed by atoms with E-state index in [4.69, 9.17) is 0 Å². The number of carbonyl (C=O) groups is 2. The number of hydrogen-bond donors (Lipinski definition) is 1. The summed E-state index contributed by atoms with van der Waals surface area (Å²) in [5.74, 6) is 0.391. The van der Waals surface area contributed by atoms with E-state index in [9.17, 15) is 9.59 Å². The first-order valence-electron chi connectivity index (χ1n) is 6.11. The highest BCUT2D eigenvalue weighted by atomic mass is 16.2. The van der Waals surface area contributed by atoms with Gasteiger partial charge in [0.05, 0.1) is 12.5 Å². The molecular formula is C12H22N2O2. The second kappa shape index (κ2) is 5.43. The van der Waals surface area contributed by atoms with E-state index in [1.54, 1.807) is 0 Å². The highest BCUT2D eigenvalue weighted by Gasteiger charge is 2.38. The minimum absolute atomic E-state index is 0.0543. The van der Waals surface area contributed by atoms with Gasteiger partial charge in [0, 0.05) is 12.6 Å². The smallest absolute Gasteiger partial charge is 0.246 e. The summed E-state index contributed by atoms with van der Waals surface area (Å²) in [7, 11) is 0. The number of carbonyl (C=O) groups excluding carboxylic acids is 2. The third-order valence-corrected chi connectivity index (χ3v) is 3.52. The topological polar surface area (TPSA) is 49.4 Å². The van der Waals surface area contributed by atoms with Crippen molar-refractivity contribution in [3.8, 4) is 0 Å². The minimum atomic E-state index is -0.309. The van der Waals surface area contributed by atoms with Crippen molar-refractivity contribution in [3.05, 3.63) is 0 Å². The highest BCUT2D eigenvalue weighted by Crippen LogP contribution is 2.15. The normalized spacial score (nSPS) is 25.0. The predicted molar refractivity (Wildman–Crippen MR) is 62.9 cm³/mol. The van der Waals surface area contributed by atoms with Gasteiger partial charge in [0.1, 0.15) is 0 Å². The van der Waals surface area contributed by atoms with E-state index < -0.39 is 0 Å². The molecule has 1 heterocycles. The van der Waals surface area contributed by atoms with Crippen molar-refractivity contribution in [1.29, 1.82) is 0 Å². The van der Waals surface area contributed by atoms with E-state index in [2.05, 4.69) is 26.1 Å². The van der Waals surface area contributed by atoms with Crippen LogP contribution in [-0.4, -0.2) is 35.3 Å². The Hall–Kier alpha value is -0.900. The molecule has 1 aliphatic heterocycles. The van der Waals surface area contributed by atoms with E-state index in [0.717, 1.165) is 6.42 Å². The Morgan fingerprint density at radius 3 is 2.44 bits per heavy atom. The van der Waals surface area contributed by atoms with Crippen molar-refractivity contribution in [2.75, 3.05) is 6.54 Å². The molecule has 16 heavy (non-hydrogen) atoms. The summed E-state index contributed by atoms with van der Waals surface area (Å²) in [4.78, 5) is 24.7. The van der Waals surface area contributed by atoms with Gasteiger partial charge in [-0.2, -0.15) is 0 Å². The molecule has 1 fully saturated rings. The molecule has 3 atom stereocenters. The quantitative estimate of drug-likeness (QED) is 0.716. The first kappa shape index (κ1) is 13.2.